The maximum absolute atomic E-state index is 12.8. The normalized spacial score (nSPS) is 11.5. The predicted octanol–water partition coefficient (Wildman–Crippen LogP) is 2.97. The highest BCUT2D eigenvalue weighted by molar-refractivity contribution is 9.10. The van der Waals surface area contributed by atoms with Gasteiger partial charge in [-0.2, -0.15) is 5.10 Å². The van der Waals surface area contributed by atoms with Crippen LogP contribution in [0.4, 0.5) is 0 Å². The van der Waals surface area contributed by atoms with Crippen molar-refractivity contribution in [2.24, 2.45) is 0 Å². The van der Waals surface area contributed by atoms with Crippen LogP contribution in [-0.2, 0) is 16.6 Å². The summed E-state index contributed by atoms with van der Waals surface area (Å²) in [4.78, 5) is 27.5. The van der Waals surface area contributed by atoms with E-state index in [1.807, 2.05) is 6.92 Å². The molecule has 0 aliphatic carbocycles. The number of aryl methyl sites for hydroxylation is 1. The average molecular weight is 493 g/mol. The number of rotatable bonds is 8. The molecule has 0 saturated carbocycles. The molecule has 1 amide bonds. The lowest BCUT2D eigenvalue weighted by molar-refractivity contribution is 0.0939. The SMILES string of the molecule is CCCCCn1nc(C(=O)NNS(=O)(=O)c2cccc(Br)c2)c2ccccc2c1=O. The third kappa shape index (κ3) is 4.94. The van der Waals surface area contributed by atoms with Gasteiger partial charge >= 0.3 is 0 Å². The van der Waals surface area contributed by atoms with Crippen molar-refractivity contribution in [2.45, 2.75) is 37.6 Å². The molecule has 0 aliphatic rings. The van der Waals surface area contributed by atoms with E-state index in [0.29, 0.717) is 21.8 Å². The molecule has 10 heteroatoms. The van der Waals surface area contributed by atoms with Gasteiger partial charge in [0.25, 0.3) is 21.5 Å². The number of hydrogen-bond acceptors (Lipinski definition) is 5. The third-order valence-electron chi connectivity index (χ3n) is 4.46. The van der Waals surface area contributed by atoms with Gasteiger partial charge in [-0.25, -0.2) is 13.1 Å². The van der Waals surface area contributed by atoms with Crippen LogP contribution in [0.3, 0.4) is 0 Å². The number of halogens is 1. The Morgan fingerprint density at radius 3 is 2.53 bits per heavy atom. The van der Waals surface area contributed by atoms with Gasteiger partial charge < -0.3 is 0 Å². The van der Waals surface area contributed by atoms with E-state index in [1.54, 1.807) is 36.4 Å². The Bertz CT molecular complexity index is 1240. The van der Waals surface area contributed by atoms with E-state index in [-0.39, 0.29) is 16.1 Å². The van der Waals surface area contributed by atoms with Crippen LogP contribution in [0.25, 0.3) is 10.8 Å². The van der Waals surface area contributed by atoms with Crippen molar-refractivity contribution in [2.75, 3.05) is 0 Å². The van der Waals surface area contributed by atoms with Crippen molar-refractivity contribution in [3.8, 4) is 0 Å². The topological polar surface area (TPSA) is 110 Å². The number of fused-ring (bicyclic) bond motifs is 1. The number of nitrogens with one attached hydrogen (secondary N) is 2. The van der Waals surface area contributed by atoms with Crippen molar-refractivity contribution in [1.29, 1.82) is 0 Å². The molecule has 0 unspecified atom stereocenters. The molecule has 0 bridgehead atoms. The van der Waals surface area contributed by atoms with E-state index in [2.05, 4.69) is 31.3 Å². The number of nitrogens with zero attached hydrogens (tertiary/aromatic N) is 2. The van der Waals surface area contributed by atoms with Crippen molar-refractivity contribution in [1.82, 2.24) is 20.0 Å². The van der Waals surface area contributed by atoms with Crippen LogP contribution in [0.15, 0.2) is 62.7 Å². The third-order valence-corrected chi connectivity index (χ3v) is 6.20. The van der Waals surface area contributed by atoms with Crippen molar-refractivity contribution >= 4 is 42.6 Å². The largest absolute Gasteiger partial charge is 0.287 e. The molecule has 30 heavy (non-hydrogen) atoms. The molecule has 0 aliphatic heterocycles. The smallest absolute Gasteiger partial charge is 0.272 e. The van der Waals surface area contributed by atoms with Gasteiger partial charge in [-0.05, 0) is 30.7 Å². The first-order valence-electron chi connectivity index (χ1n) is 9.41. The lowest BCUT2D eigenvalue weighted by Crippen LogP contribution is -2.42. The summed E-state index contributed by atoms with van der Waals surface area (Å²) >= 11 is 3.22. The molecule has 158 valence electrons. The summed E-state index contributed by atoms with van der Waals surface area (Å²) in [6.45, 7) is 2.43. The van der Waals surface area contributed by atoms with Gasteiger partial charge in [-0.15, -0.1) is 4.83 Å². The Balaban J connectivity index is 1.90. The Hall–Kier alpha value is -2.56. The molecule has 0 spiro atoms. The highest BCUT2D eigenvalue weighted by Crippen LogP contribution is 2.16. The molecular formula is C20H21BrN4O4S. The van der Waals surface area contributed by atoms with E-state index in [9.17, 15) is 18.0 Å². The predicted molar refractivity (Wildman–Crippen MR) is 117 cm³/mol. The fourth-order valence-electron chi connectivity index (χ4n) is 2.93. The van der Waals surface area contributed by atoms with Crippen LogP contribution >= 0.6 is 15.9 Å². The number of sulfonamides is 1. The molecular weight excluding hydrogens is 472 g/mol. The van der Waals surface area contributed by atoms with Gasteiger partial charge in [-0.1, -0.05) is 60.0 Å². The second-order valence-electron chi connectivity index (χ2n) is 6.65. The lowest BCUT2D eigenvalue weighted by atomic mass is 10.1. The summed E-state index contributed by atoms with van der Waals surface area (Å²) in [5.74, 6) is -0.756. The number of carbonyl (C=O) groups is 1. The van der Waals surface area contributed by atoms with Crippen LogP contribution in [0.1, 0.15) is 36.7 Å². The van der Waals surface area contributed by atoms with Gasteiger partial charge in [0.05, 0.1) is 10.3 Å². The number of amides is 1. The van der Waals surface area contributed by atoms with Crippen LogP contribution < -0.4 is 15.8 Å². The molecule has 2 aromatic carbocycles. The minimum Gasteiger partial charge on any atom is -0.272 e. The molecule has 8 nitrogen and oxygen atoms in total. The van der Waals surface area contributed by atoms with Crippen molar-refractivity contribution in [3.63, 3.8) is 0 Å². The number of aromatic nitrogens is 2. The summed E-state index contributed by atoms with van der Waals surface area (Å²) in [5, 5.41) is 4.92. The number of benzene rings is 2. The Labute approximate surface area is 182 Å². The second-order valence-corrected chi connectivity index (χ2v) is 9.24. The summed E-state index contributed by atoms with van der Waals surface area (Å²) in [7, 11) is -3.98. The maximum atomic E-state index is 12.8. The van der Waals surface area contributed by atoms with Crippen molar-refractivity contribution < 1.29 is 13.2 Å². The monoisotopic (exact) mass is 492 g/mol. The van der Waals surface area contributed by atoms with Gasteiger partial charge in [0, 0.05) is 16.4 Å². The number of hydrogen-bond donors (Lipinski definition) is 2. The van der Waals surface area contributed by atoms with Crippen LogP contribution in [-0.4, -0.2) is 24.1 Å². The molecule has 0 atom stereocenters. The zero-order valence-corrected chi connectivity index (χ0v) is 18.7. The first-order valence-corrected chi connectivity index (χ1v) is 11.7. The van der Waals surface area contributed by atoms with E-state index in [4.69, 9.17) is 0 Å². The molecule has 1 aromatic heterocycles. The quantitative estimate of drug-likeness (QED) is 0.371. The maximum Gasteiger partial charge on any atom is 0.287 e. The fourth-order valence-corrected chi connectivity index (χ4v) is 4.37. The molecule has 0 fully saturated rings. The highest BCUT2D eigenvalue weighted by atomic mass is 79.9. The summed E-state index contributed by atoms with van der Waals surface area (Å²) in [6.07, 6.45) is 2.65. The lowest BCUT2D eigenvalue weighted by Gasteiger charge is -2.12. The van der Waals surface area contributed by atoms with Gasteiger partial charge in [-0.3, -0.25) is 15.0 Å². The van der Waals surface area contributed by atoms with Gasteiger partial charge in [0.2, 0.25) is 0 Å². The summed E-state index contributed by atoms with van der Waals surface area (Å²) < 4.78 is 26.8. The molecule has 3 aromatic rings. The van der Waals surface area contributed by atoms with Crippen LogP contribution in [0, 0.1) is 0 Å². The van der Waals surface area contributed by atoms with Gasteiger partial charge in [0.15, 0.2) is 5.69 Å². The average Bonchev–Trinajstić information content (AvgIpc) is 2.74. The van der Waals surface area contributed by atoms with Crippen molar-refractivity contribution in [3.05, 3.63) is 69.1 Å². The minimum atomic E-state index is -3.98. The molecule has 1 heterocycles. The number of unbranched alkanes of at least 4 members (excludes halogenated alkanes) is 2. The van der Waals surface area contributed by atoms with Gasteiger partial charge in [0.1, 0.15) is 0 Å². The first kappa shape index (κ1) is 22.1. The Morgan fingerprint density at radius 2 is 1.83 bits per heavy atom. The standard InChI is InChI=1S/C20H21BrN4O4S/c1-2-3-6-12-25-20(27)17-11-5-4-10-16(17)18(23-25)19(26)22-24-30(28,29)15-9-7-8-14(21)13-15/h4-5,7-11,13,24H,2-3,6,12H2,1H3,(H,22,26). The molecule has 3 rings (SSSR count). The zero-order valence-electron chi connectivity index (χ0n) is 16.3. The van der Waals surface area contributed by atoms with E-state index < -0.39 is 15.9 Å². The number of carbonyl (C=O) groups excluding carboxylic acids is 1. The molecule has 0 saturated heterocycles. The van der Waals surface area contributed by atoms with E-state index in [0.717, 1.165) is 19.3 Å². The Kier molecular flexibility index (Phi) is 7.01. The Morgan fingerprint density at radius 1 is 1.10 bits per heavy atom. The minimum absolute atomic E-state index is 0.0143. The highest BCUT2D eigenvalue weighted by Gasteiger charge is 2.20. The summed E-state index contributed by atoms with van der Waals surface area (Å²) in [5.41, 5.74) is 1.88. The van der Waals surface area contributed by atoms with E-state index >= 15 is 0 Å². The van der Waals surface area contributed by atoms with Crippen LogP contribution in [0.5, 0.6) is 0 Å². The molecule has 0 radical (unpaired) electrons. The van der Waals surface area contributed by atoms with Crippen LogP contribution in [0.2, 0.25) is 0 Å². The first-order chi connectivity index (χ1) is 14.3. The number of hydrazine groups is 1. The summed E-state index contributed by atoms with van der Waals surface area (Å²) in [6, 6.07) is 12.7. The van der Waals surface area contributed by atoms with E-state index in [1.165, 1.54) is 16.8 Å². The second kappa shape index (κ2) is 9.50. The zero-order chi connectivity index (χ0) is 21.7. The molecule has 2 N–H and O–H groups in total. The fraction of sp³-hybridized carbons (Fsp3) is 0.250.